The predicted octanol–water partition coefficient (Wildman–Crippen LogP) is 6.65. The standard InChI is InChI=1S/2C18H15P.Au.NO3/c2*1-4-10-16(11-5-1)19(17-12-6-2-7-13-17)18-14-8-3-9-15-18;;2-1(3)4/h2*1-15H;;/q;;+1;-1. The minimum absolute atomic E-state index is 0. The molecule has 0 aromatic heterocycles. The van der Waals surface area contributed by atoms with E-state index in [-0.39, 0.29) is 22.4 Å². The third-order valence-electron chi connectivity index (χ3n) is 6.09. The molecule has 6 rings (SSSR count). The Morgan fingerprint density at radius 1 is 0.326 bits per heavy atom. The van der Waals surface area contributed by atoms with E-state index in [1.54, 1.807) is 0 Å². The van der Waals surface area contributed by atoms with Crippen molar-refractivity contribution in [2.24, 2.45) is 0 Å². The Kier molecular flexibility index (Phi) is 14.6. The molecule has 0 amide bonds. The molecule has 6 aromatic carbocycles. The zero-order chi connectivity index (χ0) is 29.4. The van der Waals surface area contributed by atoms with Gasteiger partial charge in [0.2, 0.25) is 0 Å². The van der Waals surface area contributed by atoms with Crippen LogP contribution >= 0.6 is 15.8 Å². The summed E-state index contributed by atoms with van der Waals surface area (Å²) in [6, 6.07) is 64.7. The average molecular weight is 784 g/mol. The molecule has 0 atom stereocenters. The summed E-state index contributed by atoms with van der Waals surface area (Å²) >= 11 is 0. The summed E-state index contributed by atoms with van der Waals surface area (Å²) < 4.78 is 0. The fraction of sp³-hybridized carbons (Fsp3) is 0. The first-order valence-corrected chi connectivity index (χ1v) is 16.0. The van der Waals surface area contributed by atoms with Crippen LogP contribution in [0.15, 0.2) is 182 Å². The van der Waals surface area contributed by atoms with E-state index in [0.29, 0.717) is 0 Å². The second-order valence-electron chi connectivity index (χ2n) is 8.91. The van der Waals surface area contributed by atoms with Crippen molar-refractivity contribution in [1.29, 1.82) is 0 Å². The molecule has 43 heavy (non-hydrogen) atoms. The van der Waals surface area contributed by atoms with Crippen molar-refractivity contribution in [2.45, 2.75) is 0 Å². The molecule has 0 aliphatic carbocycles. The van der Waals surface area contributed by atoms with E-state index < -0.39 is 20.9 Å². The summed E-state index contributed by atoms with van der Waals surface area (Å²) in [4.78, 5) is 8.25. The Labute approximate surface area is 271 Å². The Balaban J connectivity index is 0.000000206. The summed E-state index contributed by atoms with van der Waals surface area (Å²) in [6.45, 7) is 0. The zero-order valence-electron chi connectivity index (χ0n) is 23.2. The topological polar surface area (TPSA) is 66.2 Å². The molecule has 0 aliphatic rings. The van der Waals surface area contributed by atoms with Gasteiger partial charge in [0, 0.05) is 0 Å². The summed E-state index contributed by atoms with van der Waals surface area (Å²) in [7, 11) is -0.892. The molecular weight excluding hydrogens is 753 g/mol. The van der Waals surface area contributed by atoms with Crippen molar-refractivity contribution in [3.8, 4) is 0 Å². The van der Waals surface area contributed by atoms with Crippen molar-refractivity contribution in [3.05, 3.63) is 197 Å². The van der Waals surface area contributed by atoms with Gasteiger partial charge in [-0.3, -0.25) is 0 Å². The summed E-state index contributed by atoms with van der Waals surface area (Å²) in [6.07, 6.45) is 0. The van der Waals surface area contributed by atoms with E-state index >= 15 is 0 Å². The summed E-state index contributed by atoms with van der Waals surface area (Å²) in [5.74, 6) is 0. The molecule has 218 valence electrons. The van der Waals surface area contributed by atoms with Gasteiger partial charge >= 0.3 is 22.4 Å². The van der Waals surface area contributed by atoms with Gasteiger partial charge in [-0.1, -0.05) is 182 Å². The maximum absolute atomic E-state index is 8.25. The van der Waals surface area contributed by atoms with Crippen LogP contribution in [0.25, 0.3) is 0 Å². The van der Waals surface area contributed by atoms with Crippen molar-refractivity contribution in [2.75, 3.05) is 0 Å². The monoisotopic (exact) mass is 783 g/mol. The summed E-state index contributed by atoms with van der Waals surface area (Å²) in [5, 5.41) is 23.1. The van der Waals surface area contributed by atoms with Gasteiger partial charge in [-0.25, -0.2) is 0 Å². The normalized spacial score (nSPS) is 9.91. The number of rotatable bonds is 6. The van der Waals surface area contributed by atoms with E-state index in [1.807, 2.05) is 0 Å². The Morgan fingerprint density at radius 3 is 0.558 bits per heavy atom. The molecule has 4 nitrogen and oxygen atoms in total. The molecule has 0 radical (unpaired) electrons. The molecule has 0 bridgehead atoms. The second kappa shape index (κ2) is 18.6. The molecular formula is C36H30AuNO3P2. The van der Waals surface area contributed by atoms with E-state index in [4.69, 9.17) is 15.3 Å². The van der Waals surface area contributed by atoms with Gasteiger partial charge in [0.1, 0.15) is 0 Å². The van der Waals surface area contributed by atoms with E-state index in [2.05, 4.69) is 182 Å². The van der Waals surface area contributed by atoms with Crippen molar-refractivity contribution in [3.63, 3.8) is 0 Å². The number of hydrogen-bond donors (Lipinski definition) is 0. The van der Waals surface area contributed by atoms with E-state index in [9.17, 15) is 0 Å². The Hall–Kier alpha value is -3.88. The zero-order valence-corrected chi connectivity index (χ0v) is 27.1. The molecule has 6 aromatic rings. The fourth-order valence-corrected chi connectivity index (χ4v) is 8.97. The largest absolute Gasteiger partial charge is 1.00 e. The van der Waals surface area contributed by atoms with Crippen LogP contribution in [0.4, 0.5) is 0 Å². The van der Waals surface area contributed by atoms with Gasteiger partial charge in [0.05, 0.1) is 5.09 Å². The molecule has 0 spiro atoms. The molecule has 0 saturated carbocycles. The van der Waals surface area contributed by atoms with Crippen molar-refractivity contribution in [1.82, 2.24) is 0 Å². The van der Waals surface area contributed by atoms with E-state index in [1.165, 1.54) is 31.8 Å². The van der Waals surface area contributed by atoms with Gasteiger partial charge in [-0.15, -0.1) is 0 Å². The van der Waals surface area contributed by atoms with Crippen LogP contribution in [0.2, 0.25) is 0 Å². The SMILES string of the molecule is O=[N+]([O-])[O-].[Au+].c1ccc(P(c2ccccc2)c2ccccc2)cc1.c1ccc(P(c2ccccc2)c2ccccc2)cc1. The van der Waals surface area contributed by atoms with Crippen LogP contribution in [0.3, 0.4) is 0 Å². The third kappa shape index (κ3) is 10.7. The van der Waals surface area contributed by atoms with Crippen LogP contribution in [0.1, 0.15) is 0 Å². The van der Waals surface area contributed by atoms with Crippen LogP contribution < -0.4 is 31.8 Å². The smallest absolute Gasteiger partial charge is 0.356 e. The predicted molar refractivity (Wildman–Crippen MR) is 181 cm³/mol. The maximum Gasteiger partial charge on any atom is 1.00 e. The molecule has 0 unspecified atom stereocenters. The first-order chi connectivity index (χ1) is 20.6. The minimum Gasteiger partial charge on any atom is -0.356 e. The van der Waals surface area contributed by atoms with Crippen molar-refractivity contribution < 1.29 is 27.5 Å². The Bertz CT molecular complexity index is 1290. The minimum atomic E-state index is -1.75. The van der Waals surface area contributed by atoms with Gasteiger partial charge in [0.15, 0.2) is 0 Å². The Morgan fingerprint density at radius 2 is 0.442 bits per heavy atom. The van der Waals surface area contributed by atoms with Gasteiger partial charge in [0.25, 0.3) is 0 Å². The molecule has 0 N–H and O–H groups in total. The molecule has 7 heteroatoms. The fourth-order valence-electron chi connectivity index (χ4n) is 4.36. The molecule has 0 heterocycles. The van der Waals surface area contributed by atoms with Gasteiger partial charge in [-0.05, 0) is 47.7 Å². The quantitative estimate of drug-likeness (QED) is 0.0824. The van der Waals surface area contributed by atoms with Crippen LogP contribution in [0, 0.1) is 15.3 Å². The average Bonchev–Trinajstić information content (AvgIpc) is 3.05. The third-order valence-corrected chi connectivity index (χ3v) is 11.0. The first kappa shape index (κ1) is 33.6. The molecule has 0 fully saturated rings. The number of hydrogen-bond acceptors (Lipinski definition) is 3. The second-order valence-corrected chi connectivity index (χ2v) is 13.3. The number of nitrogens with zero attached hydrogens (tertiary/aromatic N) is 1. The summed E-state index contributed by atoms with van der Waals surface area (Å²) in [5.41, 5.74) is 0. The maximum atomic E-state index is 8.25. The first-order valence-electron chi connectivity index (χ1n) is 13.4. The van der Waals surface area contributed by atoms with Gasteiger partial charge in [-0.2, -0.15) is 0 Å². The van der Waals surface area contributed by atoms with Gasteiger partial charge < -0.3 is 15.3 Å². The molecule has 0 aliphatic heterocycles. The van der Waals surface area contributed by atoms with Crippen molar-refractivity contribution >= 4 is 47.7 Å². The van der Waals surface area contributed by atoms with Crippen LogP contribution in [-0.2, 0) is 22.4 Å². The van der Waals surface area contributed by atoms with Crippen LogP contribution in [-0.4, -0.2) is 5.09 Å². The van der Waals surface area contributed by atoms with Crippen LogP contribution in [0.5, 0.6) is 0 Å². The van der Waals surface area contributed by atoms with E-state index in [0.717, 1.165) is 0 Å². The molecule has 0 saturated heterocycles. The number of benzene rings is 6.